The highest BCUT2D eigenvalue weighted by Crippen LogP contribution is 2.29. The Bertz CT molecular complexity index is 679. The molecule has 2 rings (SSSR count). The topological polar surface area (TPSA) is 63.4 Å². The smallest absolute Gasteiger partial charge is 0.243 e. The van der Waals surface area contributed by atoms with Crippen molar-refractivity contribution < 1.29 is 12.8 Å². The van der Waals surface area contributed by atoms with Crippen molar-refractivity contribution in [3.8, 4) is 0 Å². The lowest BCUT2D eigenvalue weighted by Crippen LogP contribution is -2.29. The number of rotatable bonds is 4. The van der Waals surface area contributed by atoms with Crippen LogP contribution < -0.4 is 5.73 Å². The predicted molar refractivity (Wildman–Crippen MR) is 78.5 cm³/mol. The van der Waals surface area contributed by atoms with E-state index in [0.717, 1.165) is 17.0 Å². The second kappa shape index (κ2) is 5.51. The van der Waals surface area contributed by atoms with Crippen molar-refractivity contribution in [1.29, 1.82) is 0 Å². The van der Waals surface area contributed by atoms with E-state index in [2.05, 4.69) is 0 Å². The van der Waals surface area contributed by atoms with Gasteiger partial charge in [0.1, 0.15) is 5.82 Å². The van der Waals surface area contributed by atoms with Crippen LogP contribution in [0.15, 0.2) is 40.6 Å². The molecule has 1 unspecified atom stereocenters. The molecule has 1 heterocycles. The average molecular weight is 314 g/mol. The number of hydrogen-bond acceptors (Lipinski definition) is 4. The van der Waals surface area contributed by atoms with Gasteiger partial charge in [-0.2, -0.15) is 4.31 Å². The van der Waals surface area contributed by atoms with Crippen LogP contribution in [0.25, 0.3) is 0 Å². The van der Waals surface area contributed by atoms with E-state index < -0.39 is 15.8 Å². The first-order chi connectivity index (χ1) is 9.32. The largest absolute Gasteiger partial charge is 0.399 e. The van der Waals surface area contributed by atoms with E-state index in [1.165, 1.54) is 28.8 Å². The molecule has 0 bridgehead atoms. The van der Waals surface area contributed by atoms with Crippen LogP contribution in [0.3, 0.4) is 0 Å². The van der Waals surface area contributed by atoms with Gasteiger partial charge in [-0.25, -0.2) is 12.8 Å². The maximum absolute atomic E-state index is 13.3. The lowest BCUT2D eigenvalue weighted by atomic mass is 10.3. The van der Waals surface area contributed by atoms with Crippen molar-refractivity contribution >= 4 is 27.0 Å². The second-order valence-corrected chi connectivity index (χ2v) is 7.41. The summed E-state index contributed by atoms with van der Waals surface area (Å²) in [5, 5.41) is 1.88. The van der Waals surface area contributed by atoms with Crippen LogP contribution in [0.5, 0.6) is 0 Å². The molecule has 2 aromatic rings. The number of thiophene rings is 1. The molecule has 0 spiro atoms. The molecule has 0 amide bonds. The zero-order valence-electron chi connectivity index (χ0n) is 11.1. The quantitative estimate of drug-likeness (QED) is 0.883. The molecule has 0 aliphatic heterocycles. The summed E-state index contributed by atoms with van der Waals surface area (Å²) >= 11 is 1.47. The highest BCUT2D eigenvalue weighted by Gasteiger charge is 2.27. The Kier molecular flexibility index (Phi) is 4.12. The molecular weight excluding hydrogens is 299 g/mol. The summed E-state index contributed by atoms with van der Waals surface area (Å²) in [6.07, 6.45) is 0. The summed E-state index contributed by atoms with van der Waals surface area (Å²) in [5.74, 6) is -0.666. The van der Waals surface area contributed by atoms with Crippen LogP contribution in [-0.2, 0) is 10.0 Å². The molecule has 0 aliphatic carbocycles. The van der Waals surface area contributed by atoms with Gasteiger partial charge in [0.2, 0.25) is 10.0 Å². The lowest BCUT2D eigenvalue weighted by Gasteiger charge is -2.23. The van der Waals surface area contributed by atoms with E-state index in [-0.39, 0.29) is 16.6 Å². The molecule has 0 saturated carbocycles. The van der Waals surface area contributed by atoms with Gasteiger partial charge in [-0.05, 0) is 36.6 Å². The highest BCUT2D eigenvalue weighted by atomic mass is 32.2. The minimum atomic E-state index is -3.79. The van der Waals surface area contributed by atoms with Crippen LogP contribution in [0.1, 0.15) is 17.8 Å². The minimum absolute atomic E-state index is 0.0840. The summed E-state index contributed by atoms with van der Waals surface area (Å²) in [4.78, 5) is 0.779. The van der Waals surface area contributed by atoms with Crippen molar-refractivity contribution in [2.75, 3.05) is 12.8 Å². The van der Waals surface area contributed by atoms with Gasteiger partial charge >= 0.3 is 0 Å². The molecule has 1 atom stereocenters. The van der Waals surface area contributed by atoms with Crippen LogP contribution in [0.2, 0.25) is 0 Å². The molecule has 1 aromatic carbocycles. The minimum Gasteiger partial charge on any atom is -0.399 e. The normalized spacial score (nSPS) is 13.6. The van der Waals surface area contributed by atoms with Gasteiger partial charge in [0.15, 0.2) is 0 Å². The maximum Gasteiger partial charge on any atom is 0.243 e. The first kappa shape index (κ1) is 15.0. The summed E-state index contributed by atoms with van der Waals surface area (Å²) in [6, 6.07) is 6.71. The van der Waals surface area contributed by atoms with Crippen molar-refractivity contribution in [2.24, 2.45) is 0 Å². The molecule has 4 nitrogen and oxygen atoms in total. The fourth-order valence-corrected chi connectivity index (χ4v) is 4.12. The van der Waals surface area contributed by atoms with Crippen molar-refractivity contribution in [3.05, 3.63) is 46.4 Å². The van der Waals surface area contributed by atoms with E-state index in [1.807, 2.05) is 17.5 Å². The predicted octanol–water partition coefficient (Wildman–Crippen LogP) is 2.85. The van der Waals surface area contributed by atoms with Gasteiger partial charge in [-0.1, -0.05) is 6.07 Å². The third-order valence-electron chi connectivity index (χ3n) is 3.07. The summed E-state index contributed by atoms with van der Waals surface area (Å²) < 4.78 is 39.5. The molecule has 0 saturated heterocycles. The zero-order valence-corrected chi connectivity index (χ0v) is 12.7. The van der Waals surface area contributed by atoms with E-state index in [1.54, 1.807) is 6.92 Å². The van der Waals surface area contributed by atoms with E-state index in [0.29, 0.717) is 0 Å². The highest BCUT2D eigenvalue weighted by molar-refractivity contribution is 7.89. The average Bonchev–Trinajstić information content (AvgIpc) is 2.89. The van der Waals surface area contributed by atoms with E-state index in [9.17, 15) is 12.8 Å². The molecule has 0 fully saturated rings. The van der Waals surface area contributed by atoms with E-state index >= 15 is 0 Å². The molecule has 108 valence electrons. The monoisotopic (exact) mass is 314 g/mol. The van der Waals surface area contributed by atoms with Gasteiger partial charge in [-0.15, -0.1) is 11.3 Å². The van der Waals surface area contributed by atoms with Crippen molar-refractivity contribution in [2.45, 2.75) is 17.9 Å². The Morgan fingerprint density at radius 1 is 1.35 bits per heavy atom. The summed E-state index contributed by atoms with van der Waals surface area (Å²) in [5.41, 5.74) is 5.59. The standard InChI is InChI=1S/C13H15FN2O2S2/c1-9(13-4-3-5-19-13)16(2)20(17,18)12-7-10(14)6-11(15)8-12/h3-9H,15H2,1-2H3. The van der Waals surface area contributed by atoms with E-state index in [4.69, 9.17) is 5.73 Å². The molecule has 0 radical (unpaired) electrons. The van der Waals surface area contributed by atoms with Crippen LogP contribution in [-0.4, -0.2) is 19.8 Å². The number of hydrogen-bond donors (Lipinski definition) is 1. The Morgan fingerprint density at radius 2 is 2.05 bits per heavy atom. The molecule has 1 aromatic heterocycles. The third-order valence-corrected chi connectivity index (χ3v) is 6.02. The lowest BCUT2D eigenvalue weighted by molar-refractivity contribution is 0.402. The second-order valence-electron chi connectivity index (χ2n) is 4.43. The van der Waals surface area contributed by atoms with Crippen molar-refractivity contribution in [1.82, 2.24) is 4.31 Å². The third kappa shape index (κ3) is 2.84. The Hall–Kier alpha value is -1.44. The Balaban J connectivity index is 2.39. The SMILES string of the molecule is CC(c1cccs1)N(C)S(=O)(=O)c1cc(N)cc(F)c1. The van der Waals surface area contributed by atoms with Gasteiger partial charge in [0, 0.05) is 17.6 Å². The molecule has 0 aliphatic rings. The fraction of sp³-hybridized carbons (Fsp3) is 0.231. The maximum atomic E-state index is 13.3. The molecule has 20 heavy (non-hydrogen) atoms. The number of nitrogen functional groups attached to an aromatic ring is 1. The molecular formula is C13H15FN2O2S2. The van der Waals surface area contributed by atoms with Gasteiger partial charge < -0.3 is 5.73 Å². The summed E-state index contributed by atoms with van der Waals surface area (Å²) in [7, 11) is -2.32. The van der Waals surface area contributed by atoms with Gasteiger partial charge in [-0.3, -0.25) is 0 Å². The van der Waals surface area contributed by atoms with Crippen molar-refractivity contribution in [3.63, 3.8) is 0 Å². The fourth-order valence-electron chi connectivity index (χ4n) is 1.82. The van der Waals surface area contributed by atoms with Crippen LogP contribution in [0, 0.1) is 5.82 Å². The van der Waals surface area contributed by atoms with Gasteiger partial charge in [0.05, 0.1) is 10.9 Å². The Labute approximate surface area is 121 Å². The number of nitrogens with zero attached hydrogens (tertiary/aromatic N) is 1. The Morgan fingerprint density at radius 3 is 2.60 bits per heavy atom. The number of sulfonamides is 1. The van der Waals surface area contributed by atoms with Crippen LogP contribution >= 0.6 is 11.3 Å². The number of benzene rings is 1. The first-order valence-electron chi connectivity index (χ1n) is 5.90. The number of nitrogens with two attached hydrogens (primary N) is 1. The zero-order chi connectivity index (χ0) is 14.9. The molecule has 2 N–H and O–H groups in total. The van der Waals surface area contributed by atoms with Gasteiger partial charge in [0.25, 0.3) is 0 Å². The number of anilines is 1. The van der Waals surface area contributed by atoms with Crippen LogP contribution in [0.4, 0.5) is 10.1 Å². The number of halogens is 1. The summed E-state index contributed by atoms with van der Waals surface area (Å²) in [6.45, 7) is 1.78. The molecule has 7 heteroatoms. The first-order valence-corrected chi connectivity index (χ1v) is 8.22.